The van der Waals surface area contributed by atoms with Crippen molar-refractivity contribution in [3.8, 4) is 0 Å². The van der Waals surface area contributed by atoms with Gasteiger partial charge in [0.1, 0.15) is 11.4 Å². The Morgan fingerprint density at radius 2 is 1.87 bits per heavy atom. The maximum Gasteiger partial charge on any atom is 0.322 e. The first kappa shape index (κ1) is 17.7. The highest BCUT2D eigenvalue weighted by Gasteiger charge is 2.25. The molecule has 1 aliphatic heterocycles. The molecule has 1 aromatic rings. The lowest BCUT2D eigenvalue weighted by atomic mass is 10.1. The molecule has 0 saturated carbocycles. The Morgan fingerprint density at radius 3 is 2.39 bits per heavy atom. The van der Waals surface area contributed by atoms with E-state index < -0.39 is 27.2 Å². The van der Waals surface area contributed by atoms with Crippen LogP contribution in [0.25, 0.3) is 0 Å². The molecule has 0 unspecified atom stereocenters. The number of hydrogen-bond donors (Lipinski definition) is 0. The number of rotatable bonds is 4. The molecule has 0 aromatic carbocycles. The van der Waals surface area contributed by atoms with Gasteiger partial charge in [0.2, 0.25) is 0 Å². The van der Waals surface area contributed by atoms with Crippen LogP contribution in [0.5, 0.6) is 0 Å². The third kappa shape index (κ3) is 5.20. The van der Waals surface area contributed by atoms with Gasteiger partial charge < -0.3 is 9.64 Å². The summed E-state index contributed by atoms with van der Waals surface area (Å²) in [6, 6.07) is 3.21. The Balaban J connectivity index is 2.06. The van der Waals surface area contributed by atoms with E-state index in [1.54, 1.807) is 26.8 Å². The van der Waals surface area contributed by atoms with Crippen molar-refractivity contribution in [3.05, 3.63) is 18.3 Å². The number of piperidine rings is 1. The summed E-state index contributed by atoms with van der Waals surface area (Å²) < 4.78 is 29.6. The molecule has 0 atom stereocenters. The second-order valence-corrected chi connectivity index (χ2v) is 8.73. The maximum absolute atomic E-state index is 12.3. The van der Waals surface area contributed by atoms with Crippen molar-refractivity contribution in [1.29, 1.82) is 0 Å². The zero-order valence-electron chi connectivity index (χ0n) is 13.9. The number of esters is 1. The highest BCUT2D eigenvalue weighted by Crippen LogP contribution is 2.20. The van der Waals surface area contributed by atoms with Crippen LogP contribution in [0.2, 0.25) is 0 Å². The zero-order valence-corrected chi connectivity index (χ0v) is 14.7. The lowest BCUT2D eigenvalue weighted by Gasteiger charge is -2.27. The fourth-order valence-electron chi connectivity index (χ4n) is 2.48. The number of ether oxygens (including phenoxy) is 1. The van der Waals surface area contributed by atoms with Crippen LogP contribution in [0.15, 0.2) is 23.2 Å². The predicted molar refractivity (Wildman–Crippen MR) is 88.2 cm³/mol. The van der Waals surface area contributed by atoms with E-state index in [9.17, 15) is 13.2 Å². The number of anilines is 1. The summed E-state index contributed by atoms with van der Waals surface area (Å²) in [7, 11) is -3.73. The first-order valence-electron chi connectivity index (χ1n) is 7.83. The average Bonchev–Trinajstić information content (AvgIpc) is 2.45. The van der Waals surface area contributed by atoms with Crippen LogP contribution in [0.4, 0.5) is 5.82 Å². The SMILES string of the molecule is CC(C)(C)OC(=O)CS(=O)(=O)c1ccc(N2CCCCC2)nc1. The number of pyridine rings is 1. The third-order valence-electron chi connectivity index (χ3n) is 3.49. The molecule has 0 spiro atoms. The minimum absolute atomic E-state index is 0.0455. The predicted octanol–water partition coefficient (Wildman–Crippen LogP) is 2.19. The average molecular weight is 340 g/mol. The quantitative estimate of drug-likeness (QED) is 0.782. The fraction of sp³-hybridized carbons (Fsp3) is 0.625. The fourth-order valence-corrected chi connectivity index (χ4v) is 3.50. The minimum atomic E-state index is -3.73. The van der Waals surface area contributed by atoms with Crippen molar-refractivity contribution in [3.63, 3.8) is 0 Å². The summed E-state index contributed by atoms with van der Waals surface area (Å²) in [5.41, 5.74) is -0.705. The summed E-state index contributed by atoms with van der Waals surface area (Å²) >= 11 is 0. The molecule has 1 aliphatic rings. The van der Waals surface area contributed by atoms with Gasteiger partial charge in [-0.25, -0.2) is 13.4 Å². The Bertz CT molecular complexity index is 642. The normalized spacial score (nSPS) is 16.2. The molecule has 1 saturated heterocycles. The molecule has 2 heterocycles. The molecule has 0 radical (unpaired) electrons. The first-order valence-corrected chi connectivity index (χ1v) is 9.48. The molecule has 128 valence electrons. The Morgan fingerprint density at radius 1 is 1.22 bits per heavy atom. The number of carbonyl (C=O) groups excluding carboxylic acids is 1. The highest BCUT2D eigenvalue weighted by molar-refractivity contribution is 7.92. The molecule has 2 rings (SSSR count). The topological polar surface area (TPSA) is 76.6 Å². The van der Waals surface area contributed by atoms with Gasteiger partial charge in [-0.15, -0.1) is 0 Å². The van der Waals surface area contributed by atoms with Crippen molar-refractivity contribution >= 4 is 21.6 Å². The molecular formula is C16H24N2O4S. The van der Waals surface area contributed by atoms with Crippen LogP contribution in [0.3, 0.4) is 0 Å². The third-order valence-corrected chi connectivity index (χ3v) is 5.06. The summed E-state index contributed by atoms with van der Waals surface area (Å²) in [6.45, 7) is 6.99. The number of hydrogen-bond acceptors (Lipinski definition) is 6. The van der Waals surface area contributed by atoms with E-state index in [-0.39, 0.29) is 4.90 Å². The van der Waals surface area contributed by atoms with Crippen LogP contribution in [0.1, 0.15) is 40.0 Å². The summed E-state index contributed by atoms with van der Waals surface area (Å²) in [6.07, 6.45) is 4.79. The van der Waals surface area contributed by atoms with E-state index >= 15 is 0 Å². The second-order valence-electron chi connectivity index (χ2n) is 6.75. The molecule has 0 amide bonds. The van der Waals surface area contributed by atoms with Crippen molar-refractivity contribution in [2.24, 2.45) is 0 Å². The van der Waals surface area contributed by atoms with E-state index in [2.05, 4.69) is 9.88 Å². The van der Waals surface area contributed by atoms with E-state index in [1.807, 2.05) is 0 Å². The van der Waals surface area contributed by atoms with E-state index in [0.29, 0.717) is 0 Å². The molecule has 1 aromatic heterocycles. The molecule has 0 aliphatic carbocycles. The van der Waals surface area contributed by atoms with Crippen LogP contribution >= 0.6 is 0 Å². The smallest absolute Gasteiger partial charge is 0.322 e. The van der Waals surface area contributed by atoms with Crippen LogP contribution in [-0.4, -0.2) is 43.8 Å². The van der Waals surface area contributed by atoms with Gasteiger partial charge >= 0.3 is 5.97 Å². The van der Waals surface area contributed by atoms with Crippen LogP contribution in [0, 0.1) is 0 Å². The summed E-state index contributed by atoms with van der Waals surface area (Å²) in [4.78, 5) is 18.2. The van der Waals surface area contributed by atoms with Gasteiger partial charge in [-0.2, -0.15) is 0 Å². The summed E-state index contributed by atoms with van der Waals surface area (Å²) in [5, 5.41) is 0. The van der Waals surface area contributed by atoms with Crippen LogP contribution < -0.4 is 4.90 Å². The highest BCUT2D eigenvalue weighted by atomic mass is 32.2. The zero-order chi connectivity index (χ0) is 17.1. The lowest BCUT2D eigenvalue weighted by Crippen LogP contribution is -2.30. The largest absolute Gasteiger partial charge is 0.459 e. The second kappa shape index (κ2) is 6.86. The molecule has 0 N–H and O–H groups in total. The van der Waals surface area contributed by atoms with Crippen molar-refractivity contribution in [2.45, 2.75) is 50.5 Å². The number of carbonyl (C=O) groups is 1. The minimum Gasteiger partial charge on any atom is -0.459 e. The number of sulfone groups is 1. The molecule has 1 fully saturated rings. The number of aromatic nitrogens is 1. The van der Waals surface area contributed by atoms with Gasteiger partial charge in [-0.1, -0.05) is 0 Å². The van der Waals surface area contributed by atoms with Gasteiger partial charge in [0.25, 0.3) is 0 Å². The molecular weight excluding hydrogens is 316 g/mol. The van der Waals surface area contributed by atoms with Gasteiger partial charge in [0.05, 0.1) is 4.90 Å². The maximum atomic E-state index is 12.3. The van der Waals surface area contributed by atoms with Gasteiger partial charge in [-0.3, -0.25) is 4.79 Å². The van der Waals surface area contributed by atoms with Gasteiger partial charge in [0, 0.05) is 19.3 Å². The summed E-state index contributed by atoms with van der Waals surface area (Å²) in [5.74, 6) is -0.645. The van der Waals surface area contributed by atoms with Gasteiger partial charge in [-0.05, 0) is 52.2 Å². The Labute approximate surface area is 137 Å². The van der Waals surface area contributed by atoms with Crippen LogP contribution in [-0.2, 0) is 19.4 Å². The molecule has 0 bridgehead atoms. The van der Waals surface area contributed by atoms with Crippen molar-refractivity contribution < 1.29 is 17.9 Å². The number of nitrogens with zero attached hydrogens (tertiary/aromatic N) is 2. The Kier molecular flexibility index (Phi) is 5.29. The molecule has 6 nitrogen and oxygen atoms in total. The molecule has 23 heavy (non-hydrogen) atoms. The first-order chi connectivity index (χ1) is 10.7. The standard InChI is InChI=1S/C16H24N2O4S/c1-16(2,3)22-15(19)12-23(20,21)13-7-8-14(17-11-13)18-9-5-4-6-10-18/h7-8,11H,4-6,9-10,12H2,1-3H3. The van der Waals surface area contributed by atoms with E-state index in [0.717, 1.165) is 31.7 Å². The van der Waals surface area contributed by atoms with Gasteiger partial charge in [0.15, 0.2) is 15.6 Å². The van der Waals surface area contributed by atoms with Crippen molar-refractivity contribution in [1.82, 2.24) is 4.98 Å². The monoisotopic (exact) mass is 340 g/mol. The molecule has 7 heteroatoms. The van der Waals surface area contributed by atoms with E-state index in [1.165, 1.54) is 18.7 Å². The van der Waals surface area contributed by atoms with E-state index in [4.69, 9.17) is 4.74 Å². The Hall–Kier alpha value is -1.63. The van der Waals surface area contributed by atoms with Crippen molar-refractivity contribution in [2.75, 3.05) is 23.7 Å². The lowest BCUT2D eigenvalue weighted by molar-refractivity contribution is -0.151.